The molecule has 0 saturated heterocycles. The molecule has 158 valence electrons. The van der Waals surface area contributed by atoms with Gasteiger partial charge in [-0.15, -0.1) is 0 Å². The number of hydrogen-bond donors (Lipinski definition) is 3. The van der Waals surface area contributed by atoms with Crippen LogP contribution in [-0.4, -0.2) is 30.2 Å². The van der Waals surface area contributed by atoms with Crippen LogP contribution >= 0.6 is 0 Å². The number of fused-ring (bicyclic) bond motifs is 1. The maximum absolute atomic E-state index is 13.6. The number of carbonyl (C=O) groups is 2. The summed E-state index contributed by atoms with van der Waals surface area (Å²) in [4.78, 5) is 27.7. The van der Waals surface area contributed by atoms with Crippen LogP contribution in [0.5, 0.6) is 5.75 Å². The maximum Gasteiger partial charge on any atom is 0.329 e. The van der Waals surface area contributed by atoms with Crippen molar-refractivity contribution in [3.63, 3.8) is 0 Å². The van der Waals surface area contributed by atoms with E-state index < -0.39 is 17.7 Å². The van der Waals surface area contributed by atoms with Crippen LogP contribution in [0.3, 0.4) is 0 Å². The van der Waals surface area contributed by atoms with Crippen LogP contribution < -0.4 is 20.3 Å². The summed E-state index contributed by atoms with van der Waals surface area (Å²) in [5, 5.41) is 17.7. The number of benzene rings is 2. The molecule has 2 aromatic rings. The molecule has 1 fully saturated rings. The lowest BCUT2D eigenvalue weighted by atomic mass is 9.85. The number of aliphatic hydroxyl groups is 1. The van der Waals surface area contributed by atoms with E-state index >= 15 is 0 Å². The van der Waals surface area contributed by atoms with Gasteiger partial charge in [0.25, 0.3) is 11.6 Å². The van der Waals surface area contributed by atoms with E-state index in [-0.39, 0.29) is 6.04 Å². The molecule has 3 atom stereocenters. The van der Waals surface area contributed by atoms with Crippen molar-refractivity contribution in [3.05, 3.63) is 54.1 Å². The predicted molar refractivity (Wildman–Crippen MR) is 114 cm³/mol. The average molecular weight is 409 g/mol. The topological polar surface area (TPSA) is 90.9 Å². The van der Waals surface area contributed by atoms with E-state index in [1.807, 2.05) is 0 Å². The Kier molecular flexibility index (Phi) is 5.39. The van der Waals surface area contributed by atoms with E-state index in [9.17, 15) is 14.7 Å². The van der Waals surface area contributed by atoms with Gasteiger partial charge in [-0.3, -0.25) is 9.69 Å². The third-order valence-electron chi connectivity index (χ3n) is 6.13. The van der Waals surface area contributed by atoms with Crippen LogP contribution in [0.15, 0.2) is 48.5 Å². The van der Waals surface area contributed by atoms with E-state index in [0.717, 1.165) is 30.6 Å². The fourth-order valence-corrected chi connectivity index (χ4v) is 4.41. The van der Waals surface area contributed by atoms with Crippen molar-refractivity contribution in [2.45, 2.75) is 44.4 Å². The van der Waals surface area contributed by atoms with E-state index in [1.165, 1.54) is 7.11 Å². The average Bonchev–Trinajstić information content (AvgIpc) is 2.75. The molecule has 0 bridgehead atoms. The van der Waals surface area contributed by atoms with Crippen molar-refractivity contribution < 1.29 is 19.4 Å². The number of amides is 3. The molecule has 2 aliphatic rings. The molecule has 3 N–H and O–H groups in total. The molecule has 1 heterocycles. The molecule has 0 radical (unpaired) electrons. The molecule has 30 heavy (non-hydrogen) atoms. The Morgan fingerprint density at radius 2 is 1.97 bits per heavy atom. The first-order chi connectivity index (χ1) is 14.4. The van der Waals surface area contributed by atoms with Crippen LogP contribution in [0.4, 0.5) is 16.2 Å². The van der Waals surface area contributed by atoms with Crippen LogP contribution in [-0.2, 0) is 10.5 Å². The molecule has 7 heteroatoms. The molecule has 0 unspecified atom stereocenters. The Morgan fingerprint density at radius 1 is 1.20 bits per heavy atom. The van der Waals surface area contributed by atoms with Crippen molar-refractivity contribution >= 4 is 23.3 Å². The number of nitrogens with zero attached hydrogens (tertiary/aromatic N) is 1. The third-order valence-corrected chi connectivity index (χ3v) is 6.13. The number of urea groups is 1. The SMILES string of the molecule is COc1cccc(N2C(=O)Nc3ccccc3[C@]2(O)C(=O)N[C@H]2CCCC[C@H]2C)c1. The molecule has 2 aromatic carbocycles. The lowest BCUT2D eigenvalue weighted by molar-refractivity contribution is -0.141. The first-order valence-corrected chi connectivity index (χ1v) is 10.3. The van der Waals surface area contributed by atoms with Crippen molar-refractivity contribution in [2.24, 2.45) is 5.92 Å². The maximum atomic E-state index is 13.6. The minimum Gasteiger partial charge on any atom is -0.497 e. The molecular formula is C23H27N3O4. The predicted octanol–water partition coefficient (Wildman–Crippen LogP) is 3.59. The molecule has 0 aromatic heterocycles. The highest BCUT2D eigenvalue weighted by atomic mass is 16.5. The number of nitrogens with one attached hydrogen (secondary N) is 2. The second kappa shape index (κ2) is 7.99. The highest BCUT2D eigenvalue weighted by Gasteiger charge is 2.52. The van der Waals surface area contributed by atoms with Gasteiger partial charge < -0.3 is 20.5 Å². The molecule has 0 spiro atoms. The fourth-order valence-electron chi connectivity index (χ4n) is 4.41. The highest BCUT2D eigenvalue weighted by molar-refractivity contribution is 6.11. The van der Waals surface area contributed by atoms with Gasteiger partial charge in [0, 0.05) is 17.7 Å². The van der Waals surface area contributed by atoms with Crippen molar-refractivity contribution in [3.8, 4) is 5.75 Å². The second-order valence-electron chi connectivity index (χ2n) is 8.03. The monoisotopic (exact) mass is 409 g/mol. The van der Waals surface area contributed by atoms with E-state index in [4.69, 9.17) is 4.74 Å². The van der Waals surface area contributed by atoms with Crippen LogP contribution in [0.2, 0.25) is 0 Å². The van der Waals surface area contributed by atoms with Crippen LogP contribution in [0.1, 0.15) is 38.2 Å². The van der Waals surface area contributed by atoms with Gasteiger partial charge >= 0.3 is 6.03 Å². The fraction of sp³-hybridized carbons (Fsp3) is 0.391. The van der Waals surface area contributed by atoms with Gasteiger partial charge in [-0.25, -0.2) is 4.79 Å². The molecule has 4 rings (SSSR count). The van der Waals surface area contributed by atoms with Crippen molar-refractivity contribution in [1.82, 2.24) is 5.32 Å². The van der Waals surface area contributed by atoms with E-state index in [0.29, 0.717) is 28.6 Å². The Hall–Kier alpha value is -3.06. The normalized spacial score (nSPS) is 25.8. The Labute approximate surface area is 176 Å². The lowest BCUT2D eigenvalue weighted by Gasteiger charge is -2.44. The van der Waals surface area contributed by atoms with Gasteiger partial charge in [-0.1, -0.05) is 44.0 Å². The van der Waals surface area contributed by atoms with Gasteiger partial charge in [0.15, 0.2) is 0 Å². The van der Waals surface area contributed by atoms with Gasteiger partial charge in [-0.05, 0) is 37.0 Å². The third kappa shape index (κ3) is 3.39. The molecule has 7 nitrogen and oxygen atoms in total. The van der Waals surface area contributed by atoms with Crippen LogP contribution in [0, 0.1) is 5.92 Å². The zero-order valence-corrected chi connectivity index (χ0v) is 17.2. The van der Waals surface area contributed by atoms with Crippen LogP contribution in [0.25, 0.3) is 0 Å². The summed E-state index contributed by atoms with van der Waals surface area (Å²) in [6.45, 7) is 2.11. The van der Waals surface area contributed by atoms with Crippen molar-refractivity contribution in [1.29, 1.82) is 0 Å². The van der Waals surface area contributed by atoms with Gasteiger partial charge in [-0.2, -0.15) is 0 Å². The van der Waals surface area contributed by atoms with Crippen molar-refractivity contribution in [2.75, 3.05) is 17.3 Å². The zero-order valence-electron chi connectivity index (χ0n) is 17.2. The first kappa shape index (κ1) is 20.2. The molecular weight excluding hydrogens is 382 g/mol. The Bertz CT molecular complexity index is 963. The second-order valence-corrected chi connectivity index (χ2v) is 8.03. The smallest absolute Gasteiger partial charge is 0.329 e. The number of rotatable bonds is 4. The number of carbonyl (C=O) groups excluding carboxylic acids is 2. The summed E-state index contributed by atoms with van der Waals surface area (Å²) in [5.74, 6) is 0.221. The minimum atomic E-state index is -2.19. The quantitative estimate of drug-likeness (QED) is 0.720. The molecule has 1 aliphatic carbocycles. The molecule has 1 saturated carbocycles. The Balaban J connectivity index is 1.79. The molecule has 1 aliphatic heterocycles. The standard InChI is InChI=1S/C23H27N3O4/c1-15-8-3-5-12-19(15)24-21(27)23(29)18-11-4-6-13-20(18)25-22(28)26(23)16-9-7-10-17(14-16)30-2/h4,6-7,9-11,13-15,19,29H,3,5,8,12H2,1-2H3,(H,24,27)(H,25,28)/t15-,19+,23+/m1/s1. The summed E-state index contributed by atoms with van der Waals surface area (Å²) < 4.78 is 5.27. The number of para-hydroxylation sites is 1. The lowest BCUT2D eigenvalue weighted by Crippen LogP contribution is -2.64. The summed E-state index contributed by atoms with van der Waals surface area (Å²) >= 11 is 0. The van der Waals surface area contributed by atoms with Gasteiger partial charge in [0.1, 0.15) is 5.75 Å². The van der Waals surface area contributed by atoms with Gasteiger partial charge in [0.2, 0.25) is 0 Å². The largest absolute Gasteiger partial charge is 0.497 e. The number of hydrogen-bond acceptors (Lipinski definition) is 4. The summed E-state index contributed by atoms with van der Waals surface area (Å²) in [7, 11) is 1.52. The van der Waals surface area contributed by atoms with Gasteiger partial charge in [0.05, 0.1) is 18.5 Å². The highest BCUT2D eigenvalue weighted by Crippen LogP contribution is 2.41. The minimum absolute atomic E-state index is 0.0421. The number of anilines is 2. The first-order valence-electron chi connectivity index (χ1n) is 10.3. The summed E-state index contributed by atoms with van der Waals surface area (Å²) in [6.07, 6.45) is 4.05. The summed E-state index contributed by atoms with van der Waals surface area (Å²) in [6, 6.07) is 12.9. The van der Waals surface area contributed by atoms with E-state index in [1.54, 1.807) is 48.5 Å². The summed E-state index contributed by atoms with van der Waals surface area (Å²) in [5.41, 5.74) is -1.09. The van der Waals surface area contributed by atoms with E-state index in [2.05, 4.69) is 17.6 Å². The zero-order chi connectivity index (χ0) is 21.3. The molecule has 3 amide bonds. The number of methoxy groups -OCH3 is 1. The number of ether oxygens (including phenoxy) is 1. The Morgan fingerprint density at radius 3 is 2.73 bits per heavy atom.